The van der Waals surface area contributed by atoms with Crippen LogP contribution in [0.2, 0.25) is 0 Å². The number of nitrogens with two attached hydrogens (primary N) is 1. The molecule has 1 aliphatic rings. The first-order valence-electron chi connectivity index (χ1n) is 8.92. The van der Waals surface area contributed by atoms with Crippen LogP contribution in [0.5, 0.6) is 0 Å². The molecule has 1 aliphatic carbocycles. The number of pyridine rings is 1. The molecule has 0 amide bonds. The van der Waals surface area contributed by atoms with Crippen molar-refractivity contribution in [2.75, 3.05) is 5.32 Å². The predicted octanol–water partition coefficient (Wildman–Crippen LogP) is 3.69. The Balaban J connectivity index is 0.00000210. The van der Waals surface area contributed by atoms with Crippen molar-refractivity contribution in [3.05, 3.63) is 71.7 Å². The molecule has 0 unspecified atom stereocenters. The van der Waals surface area contributed by atoms with Crippen molar-refractivity contribution >= 4 is 35.6 Å². The molecule has 0 bridgehead atoms. The van der Waals surface area contributed by atoms with Gasteiger partial charge < -0.3 is 11.1 Å². The number of fused-ring (bicyclic) bond motifs is 1. The summed E-state index contributed by atoms with van der Waals surface area (Å²) in [5.41, 5.74) is 11.0. The topological polar surface area (TPSA) is 81.1 Å². The van der Waals surface area contributed by atoms with Crippen molar-refractivity contribution in [2.45, 2.75) is 32.2 Å². The molecular formula is C20H23IN6. The quantitative estimate of drug-likeness (QED) is 0.344. The summed E-state index contributed by atoms with van der Waals surface area (Å²) in [5.74, 6) is 1.20. The third-order valence-corrected chi connectivity index (χ3v) is 4.64. The normalized spacial score (nSPS) is 13.6. The van der Waals surface area contributed by atoms with E-state index in [1.54, 1.807) is 17.1 Å². The maximum absolute atomic E-state index is 6.13. The molecule has 6 nitrogen and oxygen atoms in total. The molecule has 140 valence electrons. The van der Waals surface area contributed by atoms with Gasteiger partial charge in [0.2, 0.25) is 0 Å². The van der Waals surface area contributed by atoms with E-state index in [-0.39, 0.29) is 24.0 Å². The van der Waals surface area contributed by atoms with Crippen LogP contribution in [0.1, 0.15) is 29.5 Å². The number of hydrogen-bond acceptors (Lipinski definition) is 3. The van der Waals surface area contributed by atoms with Gasteiger partial charge in [-0.15, -0.1) is 24.0 Å². The molecule has 2 aromatic heterocycles. The molecule has 3 aromatic rings. The number of rotatable bonds is 4. The van der Waals surface area contributed by atoms with Gasteiger partial charge in [-0.1, -0.05) is 12.1 Å². The van der Waals surface area contributed by atoms with Gasteiger partial charge in [0.05, 0.1) is 6.54 Å². The molecule has 2 heterocycles. The smallest absolute Gasteiger partial charge is 0.193 e. The van der Waals surface area contributed by atoms with Crippen molar-refractivity contribution in [2.24, 2.45) is 10.7 Å². The minimum atomic E-state index is 0. The number of halogens is 1. The largest absolute Gasteiger partial charge is 0.370 e. The second kappa shape index (κ2) is 8.98. The number of aryl methyl sites for hydroxylation is 1. The maximum Gasteiger partial charge on any atom is 0.193 e. The first-order chi connectivity index (χ1) is 12.8. The Labute approximate surface area is 175 Å². The lowest BCUT2D eigenvalue weighted by atomic mass is 9.90. The molecule has 1 aromatic carbocycles. The van der Waals surface area contributed by atoms with Gasteiger partial charge in [-0.05, 0) is 66.6 Å². The van der Waals surface area contributed by atoms with Gasteiger partial charge in [0, 0.05) is 24.3 Å². The monoisotopic (exact) mass is 474 g/mol. The van der Waals surface area contributed by atoms with Crippen LogP contribution < -0.4 is 11.1 Å². The molecule has 0 saturated heterocycles. The average molecular weight is 474 g/mol. The fourth-order valence-corrected chi connectivity index (χ4v) is 3.34. The SMILES string of the molecule is I.NC(=NCc1ccnc(-n2cccn2)c1)Nc1cccc2c1CCCC2. The summed E-state index contributed by atoms with van der Waals surface area (Å²) in [6, 6.07) is 12.1. The lowest BCUT2D eigenvalue weighted by Gasteiger charge is -2.19. The summed E-state index contributed by atoms with van der Waals surface area (Å²) >= 11 is 0. The summed E-state index contributed by atoms with van der Waals surface area (Å²) in [6.45, 7) is 0.491. The number of nitrogens with one attached hydrogen (secondary N) is 1. The number of guanidine groups is 1. The Hall–Kier alpha value is -2.42. The van der Waals surface area contributed by atoms with E-state index >= 15 is 0 Å². The van der Waals surface area contributed by atoms with E-state index in [4.69, 9.17) is 5.73 Å². The van der Waals surface area contributed by atoms with Gasteiger partial charge in [0.25, 0.3) is 0 Å². The van der Waals surface area contributed by atoms with Crippen molar-refractivity contribution in [3.8, 4) is 5.82 Å². The summed E-state index contributed by atoms with van der Waals surface area (Å²) in [7, 11) is 0. The van der Waals surface area contributed by atoms with E-state index in [2.05, 4.69) is 38.6 Å². The Kier molecular flexibility index (Phi) is 6.44. The average Bonchev–Trinajstić information content (AvgIpc) is 3.22. The van der Waals surface area contributed by atoms with Crippen LogP contribution >= 0.6 is 24.0 Å². The van der Waals surface area contributed by atoms with E-state index in [1.165, 1.54) is 24.0 Å². The predicted molar refractivity (Wildman–Crippen MR) is 119 cm³/mol. The molecule has 0 saturated carbocycles. The fourth-order valence-electron chi connectivity index (χ4n) is 3.34. The highest BCUT2D eigenvalue weighted by atomic mass is 127. The summed E-state index contributed by atoms with van der Waals surface area (Å²) in [5, 5.41) is 7.48. The lowest BCUT2D eigenvalue weighted by molar-refractivity contribution is 0.687. The third-order valence-electron chi connectivity index (χ3n) is 4.64. The van der Waals surface area contributed by atoms with Gasteiger partial charge in [-0.2, -0.15) is 5.10 Å². The van der Waals surface area contributed by atoms with Crippen LogP contribution in [0.15, 0.2) is 60.0 Å². The fraction of sp³-hybridized carbons (Fsp3) is 0.250. The van der Waals surface area contributed by atoms with E-state index in [0.29, 0.717) is 12.5 Å². The molecule has 0 spiro atoms. The van der Waals surface area contributed by atoms with Crippen molar-refractivity contribution < 1.29 is 0 Å². The standard InChI is InChI=1S/C20H22N6.HI/c21-20(25-18-8-3-6-16-5-1-2-7-17(16)18)23-14-15-9-11-22-19(13-15)26-12-4-10-24-26;/h3-4,6,8-13H,1-2,5,7,14H2,(H3,21,23,25);1H. The van der Waals surface area contributed by atoms with Crippen LogP contribution in [0.4, 0.5) is 5.69 Å². The summed E-state index contributed by atoms with van der Waals surface area (Å²) in [6.07, 6.45) is 10.1. The molecule has 0 fully saturated rings. The summed E-state index contributed by atoms with van der Waals surface area (Å²) in [4.78, 5) is 8.82. The van der Waals surface area contributed by atoms with Gasteiger partial charge in [-0.3, -0.25) is 0 Å². The Morgan fingerprint density at radius 3 is 2.89 bits per heavy atom. The molecule has 27 heavy (non-hydrogen) atoms. The minimum absolute atomic E-state index is 0. The highest BCUT2D eigenvalue weighted by molar-refractivity contribution is 14.0. The second-order valence-electron chi connectivity index (χ2n) is 6.45. The molecule has 4 rings (SSSR count). The number of aliphatic imine (C=N–C) groups is 1. The zero-order chi connectivity index (χ0) is 17.8. The molecule has 0 atom stereocenters. The highest BCUT2D eigenvalue weighted by Gasteiger charge is 2.13. The van der Waals surface area contributed by atoms with Crippen LogP contribution in [0, 0.1) is 0 Å². The van der Waals surface area contributed by atoms with E-state index in [1.807, 2.05) is 24.4 Å². The number of benzene rings is 1. The molecule has 0 aliphatic heterocycles. The lowest BCUT2D eigenvalue weighted by Crippen LogP contribution is -2.24. The molecule has 3 N–H and O–H groups in total. The molecule has 7 heteroatoms. The van der Waals surface area contributed by atoms with E-state index in [9.17, 15) is 0 Å². The van der Waals surface area contributed by atoms with Crippen LogP contribution in [0.25, 0.3) is 5.82 Å². The Bertz CT molecular complexity index is 920. The number of hydrogen-bond donors (Lipinski definition) is 2. The number of nitrogens with zero attached hydrogens (tertiary/aromatic N) is 4. The van der Waals surface area contributed by atoms with Crippen molar-refractivity contribution in [1.82, 2.24) is 14.8 Å². The van der Waals surface area contributed by atoms with Crippen LogP contribution in [-0.2, 0) is 19.4 Å². The zero-order valence-electron chi connectivity index (χ0n) is 15.0. The van der Waals surface area contributed by atoms with Crippen LogP contribution in [-0.4, -0.2) is 20.7 Å². The van der Waals surface area contributed by atoms with Crippen molar-refractivity contribution in [1.29, 1.82) is 0 Å². The van der Waals surface area contributed by atoms with Gasteiger partial charge in [0.1, 0.15) is 0 Å². The Morgan fingerprint density at radius 1 is 1.15 bits per heavy atom. The van der Waals surface area contributed by atoms with Crippen LogP contribution in [0.3, 0.4) is 0 Å². The molecular weight excluding hydrogens is 451 g/mol. The van der Waals surface area contributed by atoms with E-state index in [0.717, 1.165) is 29.9 Å². The third kappa shape index (κ3) is 4.65. The first-order valence-corrected chi connectivity index (χ1v) is 8.92. The maximum atomic E-state index is 6.13. The highest BCUT2D eigenvalue weighted by Crippen LogP contribution is 2.27. The first kappa shape index (κ1) is 19.3. The number of aromatic nitrogens is 3. The zero-order valence-corrected chi connectivity index (χ0v) is 17.3. The second-order valence-corrected chi connectivity index (χ2v) is 6.45. The van der Waals surface area contributed by atoms with Gasteiger partial charge in [-0.25, -0.2) is 14.7 Å². The number of anilines is 1. The summed E-state index contributed by atoms with van der Waals surface area (Å²) < 4.78 is 1.73. The minimum Gasteiger partial charge on any atom is -0.370 e. The van der Waals surface area contributed by atoms with E-state index < -0.39 is 0 Å². The Morgan fingerprint density at radius 2 is 2.04 bits per heavy atom. The van der Waals surface area contributed by atoms with Gasteiger partial charge >= 0.3 is 0 Å². The molecule has 0 radical (unpaired) electrons. The van der Waals surface area contributed by atoms with Gasteiger partial charge in [0.15, 0.2) is 11.8 Å². The van der Waals surface area contributed by atoms with Crippen molar-refractivity contribution in [3.63, 3.8) is 0 Å².